The molecule has 1 fully saturated rings. The third-order valence-electron chi connectivity index (χ3n) is 3.76. The van der Waals surface area contributed by atoms with E-state index in [2.05, 4.69) is 15.0 Å². The summed E-state index contributed by atoms with van der Waals surface area (Å²) in [5.41, 5.74) is 2.11. The first kappa shape index (κ1) is 15.1. The Morgan fingerprint density at radius 1 is 1.23 bits per heavy atom. The molecule has 0 saturated carbocycles. The van der Waals surface area contributed by atoms with E-state index in [4.69, 9.17) is 9.26 Å². The highest BCUT2D eigenvalue weighted by molar-refractivity contribution is 5.54. The van der Waals surface area contributed by atoms with E-state index in [0.29, 0.717) is 24.7 Å². The molecule has 0 bridgehead atoms. The average Bonchev–Trinajstić information content (AvgIpc) is 2.97. The van der Waals surface area contributed by atoms with Crippen LogP contribution in [0.5, 0.6) is 0 Å². The zero-order valence-electron chi connectivity index (χ0n) is 12.7. The maximum Gasteiger partial charge on any atom is 0.229 e. The largest absolute Gasteiger partial charge is 0.391 e. The van der Waals surface area contributed by atoms with Gasteiger partial charge in [-0.3, -0.25) is 4.90 Å². The van der Waals surface area contributed by atoms with Gasteiger partial charge in [-0.15, -0.1) is 0 Å². The second-order valence-electron chi connectivity index (χ2n) is 5.65. The molecule has 2 aromatic rings. The third-order valence-corrected chi connectivity index (χ3v) is 3.76. The van der Waals surface area contributed by atoms with E-state index in [9.17, 15) is 5.11 Å². The molecule has 6 heteroatoms. The van der Waals surface area contributed by atoms with E-state index in [-0.39, 0.29) is 0 Å². The first-order valence-corrected chi connectivity index (χ1v) is 7.58. The first-order valence-electron chi connectivity index (χ1n) is 7.58. The molecule has 0 spiro atoms. The molecule has 1 aromatic heterocycles. The van der Waals surface area contributed by atoms with Crippen LogP contribution in [0.2, 0.25) is 0 Å². The summed E-state index contributed by atoms with van der Waals surface area (Å²) >= 11 is 0. The SMILES string of the molecule is Cc1ccc(-c2noc(CC(O)CN3CCOCC3)n2)cc1. The van der Waals surface area contributed by atoms with Gasteiger partial charge in [-0.1, -0.05) is 35.0 Å². The number of aliphatic hydroxyl groups is 1. The van der Waals surface area contributed by atoms with E-state index in [1.165, 1.54) is 5.56 Å². The van der Waals surface area contributed by atoms with Crippen LogP contribution in [0, 0.1) is 6.92 Å². The minimum absolute atomic E-state index is 0.371. The minimum Gasteiger partial charge on any atom is -0.391 e. The standard InChI is InChI=1S/C16H21N3O3/c1-12-2-4-13(5-3-12)16-17-15(22-18-16)10-14(20)11-19-6-8-21-9-7-19/h2-5,14,20H,6-11H2,1H3. The van der Waals surface area contributed by atoms with Crippen LogP contribution < -0.4 is 0 Å². The summed E-state index contributed by atoms with van der Waals surface area (Å²) in [6.07, 6.45) is -0.139. The van der Waals surface area contributed by atoms with E-state index in [1.807, 2.05) is 31.2 Å². The molecule has 3 rings (SSSR count). The van der Waals surface area contributed by atoms with Crippen molar-refractivity contribution in [2.75, 3.05) is 32.8 Å². The quantitative estimate of drug-likeness (QED) is 0.897. The fraction of sp³-hybridized carbons (Fsp3) is 0.500. The number of hydrogen-bond acceptors (Lipinski definition) is 6. The Hall–Kier alpha value is -1.76. The maximum atomic E-state index is 10.2. The minimum atomic E-state index is -0.510. The Labute approximate surface area is 129 Å². The van der Waals surface area contributed by atoms with E-state index < -0.39 is 6.10 Å². The number of β-amino-alcohol motifs (C(OH)–C–C–N with tert-alkyl or cyclic N) is 1. The Kier molecular flexibility index (Phi) is 4.82. The van der Waals surface area contributed by atoms with Gasteiger partial charge in [0.15, 0.2) is 0 Å². The fourth-order valence-corrected chi connectivity index (χ4v) is 2.51. The molecule has 1 saturated heterocycles. The lowest BCUT2D eigenvalue weighted by Crippen LogP contribution is -2.41. The Balaban J connectivity index is 1.57. The molecule has 2 heterocycles. The van der Waals surface area contributed by atoms with Crippen LogP contribution in [-0.2, 0) is 11.2 Å². The van der Waals surface area contributed by atoms with Crippen molar-refractivity contribution >= 4 is 0 Å². The highest BCUT2D eigenvalue weighted by atomic mass is 16.5. The Morgan fingerprint density at radius 2 is 1.95 bits per heavy atom. The number of rotatable bonds is 5. The van der Waals surface area contributed by atoms with Crippen molar-refractivity contribution in [2.45, 2.75) is 19.4 Å². The molecule has 0 radical (unpaired) electrons. The summed E-state index contributed by atoms with van der Waals surface area (Å²) in [4.78, 5) is 6.55. The molecule has 1 N–H and O–H groups in total. The predicted octanol–water partition coefficient (Wildman–Crippen LogP) is 1.28. The lowest BCUT2D eigenvalue weighted by atomic mass is 10.1. The van der Waals surface area contributed by atoms with Crippen molar-refractivity contribution in [3.63, 3.8) is 0 Å². The molecule has 1 aliphatic rings. The normalized spacial score (nSPS) is 17.5. The summed E-state index contributed by atoms with van der Waals surface area (Å²) in [5, 5.41) is 14.1. The fourth-order valence-electron chi connectivity index (χ4n) is 2.51. The zero-order valence-corrected chi connectivity index (χ0v) is 12.7. The summed E-state index contributed by atoms with van der Waals surface area (Å²) in [6, 6.07) is 7.96. The van der Waals surface area contributed by atoms with Gasteiger partial charge in [-0.2, -0.15) is 4.98 Å². The van der Waals surface area contributed by atoms with Crippen molar-refractivity contribution in [2.24, 2.45) is 0 Å². The summed E-state index contributed by atoms with van der Waals surface area (Å²) in [6.45, 7) is 5.81. The van der Waals surface area contributed by atoms with Crippen LogP contribution in [0.4, 0.5) is 0 Å². The van der Waals surface area contributed by atoms with E-state index >= 15 is 0 Å². The van der Waals surface area contributed by atoms with Gasteiger partial charge in [-0.05, 0) is 6.92 Å². The van der Waals surface area contributed by atoms with Gasteiger partial charge in [0, 0.05) is 25.2 Å². The molecule has 0 amide bonds. The van der Waals surface area contributed by atoms with E-state index in [0.717, 1.165) is 31.9 Å². The number of aryl methyl sites for hydroxylation is 1. The highest BCUT2D eigenvalue weighted by Gasteiger charge is 2.18. The Bertz CT molecular complexity index is 591. The van der Waals surface area contributed by atoms with Gasteiger partial charge in [-0.25, -0.2) is 0 Å². The second kappa shape index (κ2) is 7.00. The molecule has 118 valence electrons. The van der Waals surface area contributed by atoms with Crippen molar-refractivity contribution in [3.05, 3.63) is 35.7 Å². The van der Waals surface area contributed by atoms with E-state index in [1.54, 1.807) is 0 Å². The number of ether oxygens (including phenoxy) is 1. The summed E-state index contributed by atoms with van der Waals surface area (Å²) in [5.74, 6) is 1.03. The molecule has 0 aliphatic carbocycles. The van der Waals surface area contributed by atoms with Crippen LogP contribution in [0.3, 0.4) is 0 Å². The number of aliphatic hydroxyl groups excluding tert-OH is 1. The molecule has 1 aromatic carbocycles. The van der Waals surface area contributed by atoms with Crippen LogP contribution in [0.1, 0.15) is 11.5 Å². The molecule has 1 atom stereocenters. The monoisotopic (exact) mass is 303 g/mol. The molecule has 1 unspecified atom stereocenters. The van der Waals surface area contributed by atoms with Crippen LogP contribution in [0.25, 0.3) is 11.4 Å². The molecular formula is C16H21N3O3. The lowest BCUT2D eigenvalue weighted by molar-refractivity contribution is 0.0136. The maximum absolute atomic E-state index is 10.2. The molecule has 1 aliphatic heterocycles. The van der Waals surface area contributed by atoms with Crippen molar-refractivity contribution < 1.29 is 14.4 Å². The first-order chi connectivity index (χ1) is 10.7. The summed E-state index contributed by atoms with van der Waals surface area (Å²) < 4.78 is 10.5. The molecule has 6 nitrogen and oxygen atoms in total. The van der Waals surface area contributed by atoms with Gasteiger partial charge in [0.05, 0.1) is 25.7 Å². The van der Waals surface area contributed by atoms with Gasteiger partial charge in [0.2, 0.25) is 11.7 Å². The van der Waals surface area contributed by atoms with Gasteiger partial charge in [0.25, 0.3) is 0 Å². The zero-order chi connectivity index (χ0) is 15.4. The number of nitrogens with zero attached hydrogens (tertiary/aromatic N) is 3. The third kappa shape index (κ3) is 3.91. The van der Waals surface area contributed by atoms with Crippen molar-refractivity contribution in [1.82, 2.24) is 15.0 Å². The van der Waals surface area contributed by atoms with Crippen molar-refractivity contribution in [3.8, 4) is 11.4 Å². The second-order valence-corrected chi connectivity index (χ2v) is 5.65. The van der Waals surface area contributed by atoms with Crippen LogP contribution >= 0.6 is 0 Å². The van der Waals surface area contributed by atoms with Gasteiger partial charge in [0.1, 0.15) is 0 Å². The number of benzene rings is 1. The lowest BCUT2D eigenvalue weighted by Gasteiger charge is -2.28. The Morgan fingerprint density at radius 3 is 2.68 bits per heavy atom. The van der Waals surface area contributed by atoms with Crippen molar-refractivity contribution in [1.29, 1.82) is 0 Å². The number of hydrogen-bond donors (Lipinski definition) is 1. The van der Waals surface area contributed by atoms with Gasteiger partial charge >= 0.3 is 0 Å². The molecular weight excluding hydrogens is 282 g/mol. The average molecular weight is 303 g/mol. The molecule has 22 heavy (non-hydrogen) atoms. The summed E-state index contributed by atoms with van der Waals surface area (Å²) in [7, 11) is 0. The van der Waals surface area contributed by atoms with Crippen LogP contribution in [-0.4, -0.2) is 59.1 Å². The van der Waals surface area contributed by atoms with Gasteiger partial charge < -0.3 is 14.4 Å². The number of morpholine rings is 1. The smallest absolute Gasteiger partial charge is 0.229 e. The highest BCUT2D eigenvalue weighted by Crippen LogP contribution is 2.17. The van der Waals surface area contributed by atoms with Crippen LogP contribution in [0.15, 0.2) is 28.8 Å². The number of aromatic nitrogens is 2. The predicted molar refractivity (Wildman–Crippen MR) is 81.4 cm³/mol. The topological polar surface area (TPSA) is 71.6 Å².